The first-order valence-electron chi connectivity index (χ1n) is 7.91. The fraction of sp³-hybridized carbons (Fsp3) is 0.211. The SMILES string of the molecule is CC(=O)Nc1cc(C(=O)OCc2nc3ccccc3n2C)ccc1C. The summed E-state index contributed by atoms with van der Waals surface area (Å²) in [5, 5.41) is 2.71. The lowest BCUT2D eigenvalue weighted by atomic mass is 10.1. The molecule has 0 aliphatic heterocycles. The lowest BCUT2D eigenvalue weighted by Gasteiger charge is -2.09. The van der Waals surface area contributed by atoms with Crippen LogP contribution in [0, 0.1) is 6.92 Å². The molecule has 0 saturated carbocycles. The van der Waals surface area contributed by atoms with Gasteiger partial charge in [-0.1, -0.05) is 18.2 Å². The highest BCUT2D eigenvalue weighted by Crippen LogP contribution is 2.19. The van der Waals surface area contributed by atoms with Gasteiger partial charge in [0.15, 0.2) is 0 Å². The Hall–Kier alpha value is -3.15. The lowest BCUT2D eigenvalue weighted by Crippen LogP contribution is -2.11. The Morgan fingerprint density at radius 3 is 2.68 bits per heavy atom. The number of carbonyl (C=O) groups excluding carboxylic acids is 2. The molecule has 128 valence electrons. The van der Waals surface area contributed by atoms with Gasteiger partial charge in [-0.25, -0.2) is 9.78 Å². The minimum Gasteiger partial charge on any atom is -0.454 e. The molecule has 0 unspecified atom stereocenters. The van der Waals surface area contributed by atoms with Crippen molar-refractivity contribution in [3.63, 3.8) is 0 Å². The van der Waals surface area contributed by atoms with Crippen LogP contribution in [0.3, 0.4) is 0 Å². The van der Waals surface area contributed by atoms with Gasteiger partial charge in [-0.2, -0.15) is 0 Å². The quantitative estimate of drug-likeness (QED) is 0.742. The van der Waals surface area contributed by atoms with Crippen molar-refractivity contribution in [3.05, 3.63) is 59.4 Å². The number of nitrogens with zero attached hydrogens (tertiary/aromatic N) is 2. The standard InChI is InChI=1S/C19H19N3O3/c1-12-8-9-14(10-16(12)20-13(2)23)19(24)25-11-18-21-15-6-4-5-7-17(15)22(18)3/h4-10H,11H2,1-3H3,(H,20,23). The summed E-state index contributed by atoms with van der Waals surface area (Å²) in [6.07, 6.45) is 0. The molecule has 6 heteroatoms. The molecule has 3 rings (SSSR count). The van der Waals surface area contributed by atoms with Gasteiger partial charge in [0.25, 0.3) is 0 Å². The zero-order chi connectivity index (χ0) is 18.0. The summed E-state index contributed by atoms with van der Waals surface area (Å²) in [5.74, 6) is 0.0238. The van der Waals surface area contributed by atoms with E-state index in [1.54, 1.807) is 18.2 Å². The lowest BCUT2D eigenvalue weighted by molar-refractivity contribution is -0.114. The van der Waals surface area contributed by atoms with Crippen molar-refractivity contribution in [1.82, 2.24) is 9.55 Å². The monoisotopic (exact) mass is 337 g/mol. The Balaban J connectivity index is 1.76. The highest BCUT2D eigenvalue weighted by atomic mass is 16.5. The number of esters is 1. The summed E-state index contributed by atoms with van der Waals surface area (Å²) >= 11 is 0. The van der Waals surface area contributed by atoms with Crippen molar-refractivity contribution in [2.75, 3.05) is 5.32 Å². The number of nitrogens with one attached hydrogen (secondary N) is 1. The topological polar surface area (TPSA) is 73.2 Å². The predicted molar refractivity (Wildman–Crippen MR) is 95.3 cm³/mol. The van der Waals surface area contributed by atoms with Gasteiger partial charge in [-0.05, 0) is 36.8 Å². The maximum atomic E-state index is 12.3. The second-order valence-electron chi connectivity index (χ2n) is 5.86. The number of amides is 1. The van der Waals surface area contributed by atoms with E-state index in [1.807, 2.05) is 42.8 Å². The molecule has 0 saturated heterocycles. The summed E-state index contributed by atoms with van der Waals surface area (Å²) in [6.45, 7) is 3.36. The van der Waals surface area contributed by atoms with Crippen LogP contribution in [-0.4, -0.2) is 21.4 Å². The number of fused-ring (bicyclic) bond motifs is 1. The van der Waals surface area contributed by atoms with Crippen molar-refractivity contribution in [3.8, 4) is 0 Å². The number of aryl methyl sites for hydroxylation is 2. The molecule has 1 aromatic heterocycles. The normalized spacial score (nSPS) is 10.7. The molecule has 0 radical (unpaired) electrons. The number of carbonyl (C=O) groups is 2. The summed E-state index contributed by atoms with van der Waals surface area (Å²) < 4.78 is 7.29. The predicted octanol–water partition coefficient (Wildman–Crippen LogP) is 3.20. The Morgan fingerprint density at radius 1 is 1.20 bits per heavy atom. The number of hydrogen-bond acceptors (Lipinski definition) is 4. The molecule has 0 atom stereocenters. The van der Waals surface area contributed by atoms with Gasteiger partial charge in [0, 0.05) is 19.7 Å². The highest BCUT2D eigenvalue weighted by Gasteiger charge is 2.13. The third-order valence-corrected chi connectivity index (χ3v) is 4.00. The number of para-hydroxylation sites is 2. The number of benzene rings is 2. The maximum absolute atomic E-state index is 12.3. The fourth-order valence-electron chi connectivity index (χ4n) is 2.61. The zero-order valence-corrected chi connectivity index (χ0v) is 14.4. The molecule has 2 aromatic carbocycles. The molecular weight excluding hydrogens is 318 g/mol. The van der Waals surface area contributed by atoms with Crippen molar-refractivity contribution in [1.29, 1.82) is 0 Å². The van der Waals surface area contributed by atoms with Crippen LogP contribution < -0.4 is 5.32 Å². The van der Waals surface area contributed by atoms with Crippen molar-refractivity contribution in [2.45, 2.75) is 20.5 Å². The van der Waals surface area contributed by atoms with Gasteiger partial charge >= 0.3 is 5.97 Å². The third-order valence-electron chi connectivity index (χ3n) is 4.00. The molecule has 0 spiro atoms. The molecule has 0 bridgehead atoms. The van der Waals surface area contributed by atoms with E-state index in [4.69, 9.17) is 4.74 Å². The number of rotatable bonds is 4. The number of anilines is 1. The minimum absolute atomic E-state index is 0.0767. The van der Waals surface area contributed by atoms with Crippen LogP contribution >= 0.6 is 0 Å². The Kier molecular flexibility index (Phi) is 4.52. The van der Waals surface area contributed by atoms with E-state index in [9.17, 15) is 9.59 Å². The summed E-state index contributed by atoms with van der Waals surface area (Å²) in [5.41, 5.74) is 3.70. The van der Waals surface area contributed by atoms with E-state index in [2.05, 4.69) is 10.3 Å². The van der Waals surface area contributed by atoms with Gasteiger partial charge < -0.3 is 14.6 Å². The average molecular weight is 337 g/mol. The fourth-order valence-corrected chi connectivity index (χ4v) is 2.61. The van der Waals surface area contributed by atoms with Crippen molar-refractivity contribution in [2.24, 2.45) is 7.05 Å². The van der Waals surface area contributed by atoms with Crippen LogP contribution in [0.15, 0.2) is 42.5 Å². The number of ether oxygens (including phenoxy) is 1. The number of imidazole rings is 1. The van der Waals surface area contributed by atoms with Crippen LogP contribution in [0.25, 0.3) is 11.0 Å². The molecule has 25 heavy (non-hydrogen) atoms. The van der Waals surface area contributed by atoms with E-state index in [-0.39, 0.29) is 12.5 Å². The zero-order valence-electron chi connectivity index (χ0n) is 14.4. The van der Waals surface area contributed by atoms with E-state index < -0.39 is 5.97 Å². The minimum atomic E-state index is -0.460. The third kappa shape index (κ3) is 3.52. The highest BCUT2D eigenvalue weighted by molar-refractivity contribution is 5.94. The van der Waals surface area contributed by atoms with Gasteiger partial charge in [-0.15, -0.1) is 0 Å². The van der Waals surface area contributed by atoms with Crippen molar-refractivity contribution >= 4 is 28.6 Å². The van der Waals surface area contributed by atoms with E-state index in [0.717, 1.165) is 16.6 Å². The van der Waals surface area contributed by atoms with Gasteiger partial charge in [0.1, 0.15) is 12.4 Å². The summed E-state index contributed by atoms with van der Waals surface area (Å²) in [4.78, 5) is 28.0. The Morgan fingerprint density at radius 2 is 1.96 bits per heavy atom. The second kappa shape index (κ2) is 6.76. The van der Waals surface area contributed by atoms with E-state index in [0.29, 0.717) is 17.1 Å². The summed E-state index contributed by atoms with van der Waals surface area (Å²) in [7, 11) is 1.89. The Bertz CT molecular complexity index is 960. The molecule has 1 heterocycles. The molecule has 0 aliphatic rings. The van der Waals surface area contributed by atoms with Crippen LogP contribution in [0.1, 0.15) is 28.7 Å². The summed E-state index contributed by atoms with van der Waals surface area (Å²) in [6, 6.07) is 12.8. The second-order valence-corrected chi connectivity index (χ2v) is 5.86. The molecule has 1 amide bonds. The van der Waals surface area contributed by atoms with E-state index >= 15 is 0 Å². The van der Waals surface area contributed by atoms with Crippen molar-refractivity contribution < 1.29 is 14.3 Å². The number of hydrogen-bond donors (Lipinski definition) is 1. The van der Waals surface area contributed by atoms with Gasteiger partial charge in [0.2, 0.25) is 5.91 Å². The van der Waals surface area contributed by atoms with Crippen LogP contribution in [0.2, 0.25) is 0 Å². The van der Waals surface area contributed by atoms with Crippen LogP contribution in [0.4, 0.5) is 5.69 Å². The Labute approximate surface area is 145 Å². The molecule has 3 aromatic rings. The van der Waals surface area contributed by atoms with Gasteiger partial charge in [0.05, 0.1) is 16.6 Å². The average Bonchev–Trinajstić information content (AvgIpc) is 2.91. The molecule has 6 nitrogen and oxygen atoms in total. The molecule has 0 aliphatic carbocycles. The first-order chi connectivity index (χ1) is 12.0. The van der Waals surface area contributed by atoms with Crippen LogP contribution in [0.5, 0.6) is 0 Å². The molecule has 0 fully saturated rings. The number of aromatic nitrogens is 2. The van der Waals surface area contributed by atoms with Gasteiger partial charge in [-0.3, -0.25) is 4.79 Å². The smallest absolute Gasteiger partial charge is 0.338 e. The van der Waals surface area contributed by atoms with E-state index in [1.165, 1.54) is 6.92 Å². The first-order valence-corrected chi connectivity index (χ1v) is 7.91. The molecule has 1 N–H and O–H groups in total. The first kappa shape index (κ1) is 16.7. The van der Waals surface area contributed by atoms with Crippen LogP contribution in [-0.2, 0) is 23.2 Å². The molecular formula is C19H19N3O3. The largest absolute Gasteiger partial charge is 0.454 e. The maximum Gasteiger partial charge on any atom is 0.338 e.